The number of aliphatic hydroxyl groups excluding tert-OH is 1. The van der Waals surface area contributed by atoms with Crippen LogP contribution in [-0.4, -0.2) is 59.2 Å². The van der Waals surface area contributed by atoms with E-state index in [1.807, 2.05) is 24.4 Å². The molecule has 1 fully saturated rings. The van der Waals surface area contributed by atoms with Crippen molar-refractivity contribution < 1.29 is 5.11 Å². The number of aromatic nitrogens is 1. The minimum atomic E-state index is -0.211. The molecule has 5 nitrogen and oxygen atoms in total. The molecule has 1 aliphatic rings. The highest BCUT2D eigenvalue weighted by Gasteiger charge is 2.26. The Bertz CT molecular complexity index is 637. The zero-order chi connectivity index (χ0) is 14.7. The zero-order valence-corrected chi connectivity index (χ0v) is 12.0. The predicted molar refractivity (Wildman–Crippen MR) is 81.8 cm³/mol. The number of hydrogen-bond donors (Lipinski definition) is 2. The van der Waals surface area contributed by atoms with Crippen molar-refractivity contribution in [2.45, 2.75) is 6.04 Å². The smallest absolute Gasteiger partial charge is 0.126 e. The van der Waals surface area contributed by atoms with Crippen molar-refractivity contribution in [3.05, 3.63) is 36.0 Å². The third-order valence-electron chi connectivity index (χ3n) is 4.23. The van der Waals surface area contributed by atoms with Gasteiger partial charge in [-0.05, 0) is 6.07 Å². The standard InChI is InChI=1S/C16H20N4O/c17-11-16(20-7-5-19(6-8-20)9-10-21)14-12-18-15-4-2-1-3-13(14)15/h1-4,12,16,18,21H,5-10H2. The molecule has 1 unspecified atom stereocenters. The van der Waals surface area contributed by atoms with Crippen LogP contribution in [0.25, 0.3) is 10.9 Å². The van der Waals surface area contributed by atoms with Gasteiger partial charge in [-0.15, -0.1) is 0 Å². The molecular formula is C16H20N4O. The van der Waals surface area contributed by atoms with E-state index in [4.69, 9.17) is 5.11 Å². The lowest BCUT2D eigenvalue weighted by atomic mass is 10.0. The van der Waals surface area contributed by atoms with Crippen LogP contribution >= 0.6 is 0 Å². The molecule has 1 aromatic carbocycles. The maximum atomic E-state index is 9.62. The molecule has 1 aliphatic heterocycles. The van der Waals surface area contributed by atoms with E-state index in [-0.39, 0.29) is 12.6 Å². The summed E-state index contributed by atoms with van der Waals surface area (Å²) >= 11 is 0. The molecule has 1 saturated heterocycles. The minimum absolute atomic E-state index is 0.199. The highest BCUT2D eigenvalue weighted by molar-refractivity contribution is 5.83. The van der Waals surface area contributed by atoms with E-state index in [0.717, 1.165) is 49.2 Å². The monoisotopic (exact) mass is 284 g/mol. The van der Waals surface area contributed by atoms with Crippen molar-refractivity contribution in [2.75, 3.05) is 39.3 Å². The number of H-pyrrole nitrogens is 1. The van der Waals surface area contributed by atoms with Gasteiger partial charge in [0.25, 0.3) is 0 Å². The van der Waals surface area contributed by atoms with E-state index < -0.39 is 0 Å². The van der Waals surface area contributed by atoms with Crippen molar-refractivity contribution in [1.29, 1.82) is 5.26 Å². The largest absolute Gasteiger partial charge is 0.395 e. The van der Waals surface area contributed by atoms with Crippen molar-refractivity contribution in [3.8, 4) is 6.07 Å². The van der Waals surface area contributed by atoms with Gasteiger partial charge >= 0.3 is 0 Å². The topological polar surface area (TPSA) is 66.3 Å². The number of hydrogen-bond acceptors (Lipinski definition) is 4. The van der Waals surface area contributed by atoms with Gasteiger partial charge in [0.2, 0.25) is 0 Å². The SMILES string of the molecule is N#CC(c1c[nH]c2ccccc12)N1CCN(CCO)CC1. The summed E-state index contributed by atoms with van der Waals surface area (Å²) in [4.78, 5) is 7.71. The summed E-state index contributed by atoms with van der Waals surface area (Å²) in [5.74, 6) is 0. The van der Waals surface area contributed by atoms with Gasteiger partial charge in [-0.2, -0.15) is 5.26 Å². The maximum Gasteiger partial charge on any atom is 0.126 e. The second-order valence-corrected chi connectivity index (χ2v) is 5.42. The van der Waals surface area contributed by atoms with Crippen molar-refractivity contribution in [3.63, 3.8) is 0 Å². The van der Waals surface area contributed by atoms with Crippen molar-refractivity contribution in [1.82, 2.24) is 14.8 Å². The number of nitriles is 1. The normalized spacial score (nSPS) is 18.7. The third kappa shape index (κ3) is 2.79. The Kier molecular flexibility index (Phi) is 4.20. The van der Waals surface area contributed by atoms with E-state index in [2.05, 4.69) is 26.9 Å². The van der Waals surface area contributed by atoms with E-state index in [9.17, 15) is 5.26 Å². The van der Waals surface area contributed by atoms with Crippen LogP contribution in [0.3, 0.4) is 0 Å². The van der Waals surface area contributed by atoms with Crippen LogP contribution in [0.15, 0.2) is 30.5 Å². The van der Waals surface area contributed by atoms with Gasteiger partial charge in [0.15, 0.2) is 0 Å². The number of fused-ring (bicyclic) bond motifs is 1. The number of nitrogens with one attached hydrogen (secondary N) is 1. The molecular weight excluding hydrogens is 264 g/mol. The number of nitrogens with zero attached hydrogens (tertiary/aromatic N) is 3. The fourth-order valence-electron chi connectivity index (χ4n) is 3.05. The Labute approximate surface area is 124 Å². The Morgan fingerprint density at radius 3 is 2.71 bits per heavy atom. The van der Waals surface area contributed by atoms with Crippen LogP contribution in [-0.2, 0) is 0 Å². The Hall–Kier alpha value is -1.87. The van der Waals surface area contributed by atoms with E-state index in [0.29, 0.717) is 0 Å². The number of aromatic amines is 1. The molecule has 0 saturated carbocycles. The average molecular weight is 284 g/mol. The van der Waals surface area contributed by atoms with E-state index in [1.165, 1.54) is 0 Å². The first-order chi connectivity index (χ1) is 10.3. The van der Waals surface area contributed by atoms with Gasteiger partial charge in [0, 0.05) is 55.4 Å². The predicted octanol–water partition coefficient (Wildman–Crippen LogP) is 1.34. The summed E-state index contributed by atoms with van der Waals surface area (Å²) in [5, 5.41) is 19.7. The van der Waals surface area contributed by atoms with E-state index >= 15 is 0 Å². The van der Waals surface area contributed by atoms with Gasteiger partial charge in [-0.25, -0.2) is 0 Å². The second-order valence-electron chi connectivity index (χ2n) is 5.42. The van der Waals surface area contributed by atoms with Crippen molar-refractivity contribution in [2.24, 2.45) is 0 Å². The first-order valence-corrected chi connectivity index (χ1v) is 7.36. The molecule has 0 spiro atoms. The highest BCUT2D eigenvalue weighted by Crippen LogP contribution is 2.28. The number of para-hydroxylation sites is 1. The molecule has 2 heterocycles. The van der Waals surface area contributed by atoms with Gasteiger partial charge < -0.3 is 10.1 Å². The molecule has 1 atom stereocenters. The van der Waals surface area contributed by atoms with Crippen LogP contribution in [0, 0.1) is 11.3 Å². The Balaban J connectivity index is 1.79. The molecule has 0 radical (unpaired) electrons. The lowest BCUT2D eigenvalue weighted by Crippen LogP contribution is -2.48. The van der Waals surface area contributed by atoms with Crippen LogP contribution < -0.4 is 0 Å². The number of benzene rings is 1. The van der Waals surface area contributed by atoms with Gasteiger partial charge in [-0.1, -0.05) is 18.2 Å². The van der Waals surface area contributed by atoms with E-state index in [1.54, 1.807) is 0 Å². The molecule has 5 heteroatoms. The molecule has 110 valence electrons. The summed E-state index contributed by atoms with van der Waals surface area (Å²) in [6.07, 6.45) is 1.96. The van der Waals surface area contributed by atoms with Gasteiger partial charge in [0.05, 0.1) is 12.7 Å². The first-order valence-electron chi connectivity index (χ1n) is 7.36. The molecule has 0 bridgehead atoms. The Morgan fingerprint density at radius 1 is 1.24 bits per heavy atom. The summed E-state index contributed by atoms with van der Waals surface area (Å²) in [6.45, 7) is 4.44. The number of piperazine rings is 1. The molecule has 2 N–H and O–H groups in total. The number of β-amino-alcohol motifs (C(OH)–C–C–N with tert-alkyl or cyclic N) is 1. The molecule has 1 aromatic heterocycles. The lowest BCUT2D eigenvalue weighted by Gasteiger charge is -2.36. The fraction of sp³-hybridized carbons (Fsp3) is 0.438. The number of aliphatic hydroxyl groups is 1. The summed E-state index contributed by atoms with van der Waals surface area (Å²) < 4.78 is 0. The zero-order valence-electron chi connectivity index (χ0n) is 12.0. The van der Waals surface area contributed by atoms with Gasteiger partial charge in [-0.3, -0.25) is 9.80 Å². The third-order valence-corrected chi connectivity index (χ3v) is 4.23. The van der Waals surface area contributed by atoms with Crippen LogP contribution in [0.4, 0.5) is 0 Å². The summed E-state index contributed by atoms with van der Waals surface area (Å²) in [7, 11) is 0. The molecule has 21 heavy (non-hydrogen) atoms. The maximum absolute atomic E-state index is 9.62. The van der Waals surface area contributed by atoms with Crippen LogP contribution in [0.2, 0.25) is 0 Å². The van der Waals surface area contributed by atoms with Crippen LogP contribution in [0.5, 0.6) is 0 Å². The van der Waals surface area contributed by atoms with Crippen molar-refractivity contribution >= 4 is 10.9 Å². The summed E-state index contributed by atoms with van der Waals surface area (Å²) in [6, 6.07) is 10.3. The molecule has 2 aromatic rings. The fourth-order valence-corrected chi connectivity index (χ4v) is 3.05. The molecule has 0 amide bonds. The number of rotatable bonds is 4. The lowest BCUT2D eigenvalue weighted by molar-refractivity contribution is 0.0985. The second kappa shape index (κ2) is 6.27. The summed E-state index contributed by atoms with van der Waals surface area (Å²) in [5.41, 5.74) is 2.13. The quantitative estimate of drug-likeness (QED) is 0.889. The van der Waals surface area contributed by atoms with Gasteiger partial charge in [0.1, 0.15) is 6.04 Å². The minimum Gasteiger partial charge on any atom is -0.395 e. The van der Waals surface area contributed by atoms with Crippen LogP contribution in [0.1, 0.15) is 11.6 Å². The first kappa shape index (κ1) is 14.1. The Morgan fingerprint density at radius 2 is 2.00 bits per heavy atom. The molecule has 0 aliphatic carbocycles. The highest BCUT2D eigenvalue weighted by atomic mass is 16.3. The average Bonchev–Trinajstić information content (AvgIpc) is 2.94. The molecule has 3 rings (SSSR count).